The largest absolute Gasteiger partial charge is 0.481 e. The zero-order chi connectivity index (χ0) is 13.0. The summed E-state index contributed by atoms with van der Waals surface area (Å²) < 4.78 is 0. The molecule has 0 saturated heterocycles. The molecule has 2 aliphatic carbocycles. The highest BCUT2D eigenvalue weighted by Crippen LogP contribution is 2.60. The van der Waals surface area contributed by atoms with Crippen molar-refractivity contribution in [2.24, 2.45) is 17.8 Å². The lowest BCUT2D eigenvalue weighted by Gasteiger charge is -2.26. The molecule has 0 aromatic carbocycles. The third kappa shape index (κ3) is 1.35. The van der Waals surface area contributed by atoms with Crippen LogP contribution in [0.1, 0.15) is 13.3 Å². The predicted molar refractivity (Wildman–Crippen MR) is 51.9 cm³/mol. The number of rotatable bonds is 3. The third-order valence-electron chi connectivity index (χ3n) is 3.53. The van der Waals surface area contributed by atoms with Gasteiger partial charge in [-0.05, 0) is 5.92 Å². The second-order valence-electron chi connectivity index (χ2n) is 4.48. The van der Waals surface area contributed by atoms with Gasteiger partial charge in [0, 0.05) is 19.3 Å². The first-order valence-electron chi connectivity index (χ1n) is 5.10. The summed E-state index contributed by atoms with van der Waals surface area (Å²) in [7, 11) is 0. The number of amides is 1. The highest BCUT2D eigenvalue weighted by atomic mass is 16.4. The summed E-state index contributed by atoms with van der Waals surface area (Å²) in [6, 6.07) is 0. The van der Waals surface area contributed by atoms with Gasteiger partial charge in [0.1, 0.15) is 0 Å². The summed E-state index contributed by atoms with van der Waals surface area (Å²) in [5.41, 5.74) is -2.04. The predicted octanol–water partition coefficient (Wildman–Crippen LogP) is -1.13. The maximum absolute atomic E-state index is 11.7. The van der Waals surface area contributed by atoms with Crippen LogP contribution in [0.15, 0.2) is 0 Å². The molecule has 0 aromatic rings. The van der Waals surface area contributed by atoms with Crippen molar-refractivity contribution in [3.05, 3.63) is 0 Å². The van der Waals surface area contributed by atoms with Crippen molar-refractivity contribution in [3.8, 4) is 0 Å². The summed E-state index contributed by atoms with van der Waals surface area (Å²) in [5, 5.41) is 20.2. The van der Waals surface area contributed by atoms with Crippen LogP contribution in [0.3, 0.4) is 0 Å². The monoisotopic (exact) mass is 241 g/mol. The molecule has 1 amide bonds. The van der Waals surface area contributed by atoms with E-state index in [1.165, 1.54) is 0 Å². The number of nitrogens with one attached hydrogen (secondary N) is 1. The number of fused-ring (bicyclic) bond motifs is 1. The third-order valence-corrected chi connectivity index (χ3v) is 3.53. The van der Waals surface area contributed by atoms with Gasteiger partial charge in [0.2, 0.25) is 11.4 Å². The van der Waals surface area contributed by atoms with Gasteiger partial charge < -0.3 is 15.5 Å². The van der Waals surface area contributed by atoms with Crippen LogP contribution in [-0.2, 0) is 19.2 Å². The summed E-state index contributed by atoms with van der Waals surface area (Å²) >= 11 is 0. The van der Waals surface area contributed by atoms with Crippen molar-refractivity contribution < 1.29 is 29.4 Å². The second-order valence-corrected chi connectivity index (χ2v) is 4.48. The van der Waals surface area contributed by atoms with Crippen molar-refractivity contribution in [2.75, 3.05) is 0 Å². The lowest BCUT2D eigenvalue weighted by Crippen LogP contribution is -2.60. The van der Waals surface area contributed by atoms with E-state index in [9.17, 15) is 19.2 Å². The van der Waals surface area contributed by atoms with Gasteiger partial charge in [0.15, 0.2) is 5.78 Å². The number of carbonyl (C=O) groups excluding carboxylic acids is 2. The number of ketones is 1. The fraction of sp³-hybridized carbons (Fsp3) is 0.600. The van der Waals surface area contributed by atoms with Gasteiger partial charge in [-0.15, -0.1) is 0 Å². The Labute approximate surface area is 95.8 Å². The van der Waals surface area contributed by atoms with Crippen molar-refractivity contribution in [2.45, 2.75) is 18.9 Å². The van der Waals surface area contributed by atoms with E-state index in [1.807, 2.05) is 0 Å². The molecule has 0 heterocycles. The van der Waals surface area contributed by atoms with Crippen LogP contribution in [0.5, 0.6) is 0 Å². The van der Waals surface area contributed by atoms with E-state index in [-0.39, 0.29) is 6.42 Å². The Hall–Kier alpha value is -1.92. The molecule has 2 fully saturated rings. The Balaban J connectivity index is 2.38. The number of aliphatic carboxylic acids is 2. The minimum absolute atomic E-state index is 0.103. The average Bonchev–Trinajstić information content (AvgIpc) is 2.80. The Morgan fingerprint density at radius 1 is 1.35 bits per heavy atom. The number of hydrogen-bond acceptors (Lipinski definition) is 4. The first kappa shape index (κ1) is 11.6. The minimum atomic E-state index is -2.04. The molecule has 7 heteroatoms. The lowest BCUT2D eigenvalue weighted by molar-refractivity contribution is -0.153. The van der Waals surface area contributed by atoms with Gasteiger partial charge in [-0.25, -0.2) is 4.79 Å². The van der Waals surface area contributed by atoms with Gasteiger partial charge in [-0.1, -0.05) is 0 Å². The molecule has 2 rings (SSSR count). The molecule has 0 unspecified atom stereocenters. The van der Waals surface area contributed by atoms with E-state index in [1.54, 1.807) is 0 Å². The number of carboxylic acids is 2. The SMILES string of the molecule is CC(=O)N[C@@]1(C(=O)O)C(=O)C[C@H]2[C@H](C(=O)O)[C@H]21. The Kier molecular flexibility index (Phi) is 2.23. The molecule has 0 aromatic heterocycles. The normalized spacial score (nSPS) is 38.4. The minimum Gasteiger partial charge on any atom is -0.481 e. The molecule has 0 spiro atoms. The second kappa shape index (κ2) is 3.28. The summed E-state index contributed by atoms with van der Waals surface area (Å²) in [6.45, 7) is 1.10. The molecular weight excluding hydrogens is 230 g/mol. The Morgan fingerprint density at radius 2 is 1.94 bits per heavy atom. The Bertz CT molecular complexity index is 444. The summed E-state index contributed by atoms with van der Waals surface area (Å²) in [6.07, 6.45) is -0.103. The highest BCUT2D eigenvalue weighted by Gasteiger charge is 2.76. The van der Waals surface area contributed by atoms with Crippen LogP contribution >= 0.6 is 0 Å². The molecule has 2 aliphatic rings. The standard InChI is InChI=1S/C10H11NO6/c1-3(12)11-10(9(16)17)5(13)2-4-6(7(4)10)8(14)15/h4,6-7H,2H2,1H3,(H,11,12)(H,14,15)(H,16,17)/t4-,6-,7-,10-/m0/s1. The van der Waals surface area contributed by atoms with Gasteiger partial charge in [0.05, 0.1) is 5.92 Å². The van der Waals surface area contributed by atoms with Crippen LogP contribution < -0.4 is 5.32 Å². The Morgan fingerprint density at radius 3 is 2.35 bits per heavy atom. The number of hydrogen-bond donors (Lipinski definition) is 3. The van der Waals surface area contributed by atoms with Gasteiger partial charge >= 0.3 is 11.9 Å². The molecular formula is C10H11NO6. The van der Waals surface area contributed by atoms with Gasteiger partial charge in [-0.2, -0.15) is 0 Å². The fourth-order valence-corrected chi connectivity index (χ4v) is 2.86. The molecule has 7 nitrogen and oxygen atoms in total. The molecule has 0 aliphatic heterocycles. The first-order chi connectivity index (χ1) is 7.82. The quantitative estimate of drug-likeness (QED) is 0.537. The van der Waals surface area contributed by atoms with Crippen molar-refractivity contribution in [1.29, 1.82) is 0 Å². The molecule has 0 bridgehead atoms. The van der Waals surface area contributed by atoms with E-state index in [2.05, 4.69) is 5.32 Å². The van der Waals surface area contributed by atoms with E-state index in [4.69, 9.17) is 10.2 Å². The lowest BCUT2D eigenvalue weighted by atomic mass is 9.89. The molecule has 3 N–H and O–H groups in total. The molecule has 0 radical (unpaired) electrons. The zero-order valence-corrected chi connectivity index (χ0v) is 8.97. The number of Topliss-reactive ketones (excluding diaryl/α,β-unsaturated/α-hetero) is 1. The van der Waals surface area contributed by atoms with E-state index < -0.39 is 46.9 Å². The van der Waals surface area contributed by atoms with Gasteiger partial charge in [-0.3, -0.25) is 14.4 Å². The highest BCUT2D eigenvalue weighted by molar-refractivity contribution is 6.14. The van der Waals surface area contributed by atoms with Crippen LogP contribution in [-0.4, -0.2) is 39.4 Å². The van der Waals surface area contributed by atoms with Crippen molar-refractivity contribution >= 4 is 23.6 Å². The molecule has 17 heavy (non-hydrogen) atoms. The first-order valence-corrected chi connectivity index (χ1v) is 5.10. The van der Waals surface area contributed by atoms with Gasteiger partial charge in [0.25, 0.3) is 0 Å². The molecule has 2 saturated carbocycles. The van der Waals surface area contributed by atoms with Crippen LogP contribution in [0.2, 0.25) is 0 Å². The maximum Gasteiger partial charge on any atom is 0.337 e. The van der Waals surface area contributed by atoms with E-state index in [0.717, 1.165) is 6.92 Å². The van der Waals surface area contributed by atoms with Crippen molar-refractivity contribution in [1.82, 2.24) is 5.32 Å². The van der Waals surface area contributed by atoms with Crippen molar-refractivity contribution in [3.63, 3.8) is 0 Å². The summed E-state index contributed by atoms with van der Waals surface area (Å²) in [5.74, 6) is -6.02. The average molecular weight is 241 g/mol. The summed E-state index contributed by atoms with van der Waals surface area (Å²) in [4.78, 5) is 44.8. The number of carbonyl (C=O) groups is 4. The fourth-order valence-electron chi connectivity index (χ4n) is 2.86. The van der Waals surface area contributed by atoms with Crippen LogP contribution in [0, 0.1) is 17.8 Å². The zero-order valence-electron chi connectivity index (χ0n) is 8.97. The molecule has 92 valence electrons. The topological polar surface area (TPSA) is 121 Å². The molecule has 4 atom stereocenters. The van der Waals surface area contributed by atoms with E-state index in [0.29, 0.717) is 0 Å². The van der Waals surface area contributed by atoms with Crippen LogP contribution in [0.25, 0.3) is 0 Å². The smallest absolute Gasteiger partial charge is 0.337 e. The number of carboxylic acid groups (broad SMARTS) is 2. The van der Waals surface area contributed by atoms with E-state index >= 15 is 0 Å². The maximum atomic E-state index is 11.7. The van der Waals surface area contributed by atoms with Crippen LogP contribution in [0.4, 0.5) is 0 Å².